The first-order valence-corrected chi connectivity index (χ1v) is 7.31. The van der Waals surface area contributed by atoms with E-state index < -0.39 is 0 Å². The van der Waals surface area contributed by atoms with Gasteiger partial charge in [0.25, 0.3) is 0 Å². The normalized spacial score (nSPS) is 16.9. The summed E-state index contributed by atoms with van der Waals surface area (Å²) in [6.45, 7) is 4.12. The van der Waals surface area contributed by atoms with Crippen LogP contribution in [0, 0.1) is 6.92 Å². The molecule has 3 heteroatoms. The predicted octanol–water partition coefficient (Wildman–Crippen LogP) is 2.99. The van der Waals surface area contributed by atoms with Crippen LogP contribution in [0.25, 0.3) is 0 Å². The molecule has 1 fully saturated rings. The van der Waals surface area contributed by atoms with Gasteiger partial charge < -0.3 is 10.1 Å². The van der Waals surface area contributed by atoms with Crippen molar-refractivity contribution >= 4 is 11.8 Å². The van der Waals surface area contributed by atoms with Crippen LogP contribution in [0.3, 0.4) is 0 Å². The van der Waals surface area contributed by atoms with Crippen molar-refractivity contribution < 1.29 is 4.74 Å². The minimum Gasteiger partial charge on any atom is -0.496 e. The second kappa shape index (κ2) is 5.32. The molecule has 0 saturated heterocycles. The Kier molecular flexibility index (Phi) is 4.00. The zero-order valence-electron chi connectivity index (χ0n) is 10.9. The first-order chi connectivity index (χ1) is 8.19. The van der Waals surface area contributed by atoms with Crippen LogP contribution in [0.2, 0.25) is 0 Å². The number of rotatable bonds is 6. The van der Waals surface area contributed by atoms with Crippen molar-refractivity contribution in [1.29, 1.82) is 0 Å². The first-order valence-electron chi connectivity index (χ1n) is 6.08. The molecular formula is C14H21NOS. The van der Waals surface area contributed by atoms with Crippen LogP contribution in [0.5, 0.6) is 5.75 Å². The fourth-order valence-corrected chi connectivity index (χ4v) is 2.82. The van der Waals surface area contributed by atoms with E-state index in [9.17, 15) is 0 Å². The zero-order chi connectivity index (χ0) is 12.3. The van der Waals surface area contributed by atoms with Crippen molar-refractivity contribution in [2.24, 2.45) is 0 Å². The molecular weight excluding hydrogens is 230 g/mol. The fraction of sp³-hybridized carbons (Fsp3) is 0.571. The van der Waals surface area contributed by atoms with Gasteiger partial charge in [-0.25, -0.2) is 0 Å². The monoisotopic (exact) mass is 251 g/mol. The van der Waals surface area contributed by atoms with Gasteiger partial charge in [0.2, 0.25) is 0 Å². The van der Waals surface area contributed by atoms with E-state index in [1.807, 2.05) is 17.8 Å². The molecule has 0 aliphatic heterocycles. The van der Waals surface area contributed by atoms with Gasteiger partial charge in [-0.15, -0.1) is 0 Å². The van der Waals surface area contributed by atoms with E-state index in [0.717, 1.165) is 18.8 Å². The van der Waals surface area contributed by atoms with Gasteiger partial charge in [0.15, 0.2) is 0 Å². The Morgan fingerprint density at radius 1 is 1.41 bits per heavy atom. The number of ether oxygens (including phenoxy) is 1. The molecule has 17 heavy (non-hydrogen) atoms. The Balaban J connectivity index is 1.91. The van der Waals surface area contributed by atoms with Gasteiger partial charge in [-0.3, -0.25) is 0 Å². The molecule has 2 rings (SSSR count). The molecule has 94 valence electrons. The summed E-state index contributed by atoms with van der Waals surface area (Å²) in [5.41, 5.74) is 2.54. The Labute approximate surface area is 108 Å². The molecule has 1 aromatic rings. The molecule has 1 aromatic carbocycles. The molecule has 0 spiro atoms. The van der Waals surface area contributed by atoms with Crippen molar-refractivity contribution in [2.75, 3.05) is 19.9 Å². The van der Waals surface area contributed by atoms with E-state index >= 15 is 0 Å². The van der Waals surface area contributed by atoms with Crippen molar-refractivity contribution in [3.8, 4) is 5.75 Å². The molecule has 0 atom stereocenters. The Bertz CT molecular complexity index is 388. The maximum absolute atomic E-state index is 5.38. The van der Waals surface area contributed by atoms with Crippen molar-refractivity contribution in [3.05, 3.63) is 29.3 Å². The Morgan fingerprint density at radius 3 is 2.76 bits per heavy atom. The summed E-state index contributed by atoms with van der Waals surface area (Å²) >= 11 is 1.99. The first kappa shape index (κ1) is 12.8. The zero-order valence-corrected chi connectivity index (χ0v) is 11.7. The van der Waals surface area contributed by atoms with Crippen LogP contribution in [0.4, 0.5) is 0 Å². The summed E-state index contributed by atoms with van der Waals surface area (Å²) in [6, 6.07) is 6.34. The lowest BCUT2D eigenvalue weighted by Gasteiger charge is -2.15. The molecule has 1 aliphatic carbocycles. The second-order valence-electron chi connectivity index (χ2n) is 4.81. The van der Waals surface area contributed by atoms with Gasteiger partial charge in [0.1, 0.15) is 5.75 Å². The highest BCUT2D eigenvalue weighted by molar-refractivity contribution is 8.00. The number of nitrogens with one attached hydrogen (secondary N) is 1. The standard InChI is InChI=1S/C14H21NOS/c1-11-4-5-13(16-2)12(8-11)9-15-10-14(17-3)6-7-14/h4-5,8,15H,6-7,9-10H2,1-3H3. The van der Waals surface area contributed by atoms with E-state index in [2.05, 4.69) is 30.6 Å². The van der Waals surface area contributed by atoms with E-state index in [1.165, 1.54) is 24.0 Å². The van der Waals surface area contributed by atoms with Crippen LogP contribution in [0.1, 0.15) is 24.0 Å². The minimum atomic E-state index is 0.525. The lowest BCUT2D eigenvalue weighted by Crippen LogP contribution is -2.25. The molecule has 0 unspecified atom stereocenters. The average molecular weight is 251 g/mol. The number of benzene rings is 1. The van der Waals surface area contributed by atoms with Gasteiger partial charge in [0.05, 0.1) is 7.11 Å². The minimum absolute atomic E-state index is 0.525. The molecule has 1 saturated carbocycles. The van der Waals surface area contributed by atoms with Crippen LogP contribution < -0.4 is 10.1 Å². The van der Waals surface area contributed by atoms with Gasteiger partial charge in [-0.2, -0.15) is 11.8 Å². The molecule has 0 heterocycles. The van der Waals surface area contributed by atoms with Crippen LogP contribution >= 0.6 is 11.8 Å². The maximum atomic E-state index is 5.38. The maximum Gasteiger partial charge on any atom is 0.123 e. The molecule has 1 aliphatic rings. The summed E-state index contributed by atoms with van der Waals surface area (Å²) in [5, 5.41) is 3.56. The summed E-state index contributed by atoms with van der Waals surface area (Å²) in [5.74, 6) is 0.983. The van der Waals surface area contributed by atoms with Gasteiger partial charge >= 0.3 is 0 Å². The van der Waals surface area contributed by atoms with Crippen molar-refractivity contribution in [1.82, 2.24) is 5.32 Å². The van der Waals surface area contributed by atoms with Gasteiger partial charge in [0, 0.05) is 23.4 Å². The molecule has 0 radical (unpaired) electrons. The highest BCUT2D eigenvalue weighted by atomic mass is 32.2. The predicted molar refractivity (Wildman–Crippen MR) is 74.9 cm³/mol. The highest BCUT2D eigenvalue weighted by Gasteiger charge is 2.41. The van der Waals surface area contributed by atoms with Crippen molar-refractivity contribution in [2.45, 2.75) is 31.1 Å². The van der Waals surface area contributed by atoms with E-state index in [1.54, 1.807) is 7.11 Å². The summed E-state index contributed by atoms with van der Waals surface area (Å²) < 4.78 is 5.90. The molecule has 0 bridgehead atoms. The lowest BCUT2D eigenvalue weighted by atomic mass is 10.1. The molecule has 2 nitrogen and oxygen atoms in total. The Morgan fingerprint density at radius 2 is 2.18 bits per heavy atom. The number of methoxy groups -OCH3 is 1. The lowest BCUT2D eigenvalue weighted by molar-refractivity contribution is 0.407. The number of thioether (sulfide) groups is 1. The van der Waals surface area contributed by atoms with E-state index in [4.69, 9.17) is 4.74 Å². The quantitative estimate of drug-likeness (QED) is 0.840. The number of hydrogen-bond acceptors (Lipinski definition) is 3. The third-order valence-corrected chi connectivity index (χ3v) is 4.86. The topological polar surface area (TPSA) is 21.3 Å². The van der Waals surface area contributed by atoms with Crippen LogP contribution in [-0.2, 0) is 6.54 Å². The molecule has 0 aromatic heterocycles. The second-order valence-corrected chi connectivity index (χ2v) is 6.08. The SMILES string of the molecule is COc1ccc(C)cc1CNCC1(SC)CC1. The molecule has 1 N–H and O–H groups in total. The summed E-state index contributed by atoms with van der Waals surface area (Å²) in [4.78, 5) is 0. The summed E-state index contributed by atoms with van der Waals surface area (Å²) in [7, 11) is 1.73. The van der Waals surface area contributed by atoms with E-state index in [-0.39, 0.29) is 0 Å². The third kappa shape index (κ3) is 3.17. The highest BCUT2D eigenvalue weighted by Crippen LogP contribution is 2.46. The summed E-state index contributed by atoms with van der Waals surface area (Å²) in [6.07, 6.45) is 4.92. The van der Waals surface area contributed by atoms with Crippen LogP contribution in [-0.4, -0.2) is 24.7 Å². The van der Waals surface area contributed by atoms with Crippen molar-refractivity contribution in [3.63, 3.8) is 0 Å². The largest absolute Gasteiger partial charge is 0.496 e. The molecule has 0 amide bonds. The van der Waals surface area contributed by atoms with Crippen LogP contribution in [0.15, 0.2) is 18.2 Å². The van der Waals surface area contributed by atoms with Gasteiger partial charge in [-0.05, 0) is 32.1 Å². The number of aryl methyl sites for hydroxylation is 1. The smallest absolute Gasteiger partial charge is 0.123 e. The van der Waals surface area contributed by atoms with Gasteiger partial charge in [-0.1, -0.05) is 17.7 Å². The number of hydrogen-bond donors (Lipinski definition) is 1. The van der Waals surface area contributed by atoms with E-state index in [0.29, 0.717) is 4.75 Å². The fourth-order valence-electron chi connectivity index (χ4n) is 2.06. The average Bonchev–Trinajstić information content (AvgIpc) is 3.10. The third-order valence-electron chi connectivity index (χ3n) is 3.44. The Hall–Kier alpha value is -0.670.